The number of nitrogens with zero attached hydrogens (tertiary/aromatic N) is 1. The highest BCUT2D eigenvalue weighted by Gasteiger charge is 2.08. The van der Waals surface area contributed by atoms with Gasteiger partial charge in [0.15, 0.2) is 0 Å². The van der Waals surface area contributed by atoms with Gasteiger partial charge in [-0.15, -0.1) is 0 Å². The average molecular weight is 217 g/mol. The summed E-state index contributed by atoms with van der Waals surface area (Å²) < 4.78 is 0. The van der Waals surface area contributed by atoms with Crippen LogP contribution in [-0.4, -0.2) is 10.9 Å². The fraction of sp³-hybridized carbons (Fsp3) is 0.167. The summed E-state index contributed by atoms with van der Waals surface area (Å²) in [4.78, 5) is 15.2. The van der Waals surface area contributed by atoms with Gasteiger partial charge in [-0.2, -0.15) is 0 Å². The van der Waals surface area contributed by atoms with Crippen LogP contribution in [0.25, 0.3) is 0 Å². The van der Waals surface area contributed by atoms with E-state index >= 15 is 0 Å². The molecule has 0 radical (unpaired) electrons. The van der Waals surface area contributed by atoms with E-state index < -0.39 is 5.91 Å². The number of amides is 1. The fourth-order valence-electron chi connectivity index (χ4n) is 1.23. The average Bonchev–Trinajstić information content (AvgIpc) is 2.29. The van der Waals surface area contributed by atoms with E-state index in [4.69, 9.17) is 5.73 Å². The molecular weight excluding hydrogens is 202 g/mol. The first-order valence-electron chi connectivity index (χ1n) is 5.00. The van der Waals surface area contributed by atoms with Crippen LogP contribution in [0.4, 0.5) is 5.82 Å². The lowest BCUT2D eigenvalue weighted by molar-refractivity contribution is 0.100. The number of aromatic nitrogens is 1. The molecule has 4 nitrogen and oxygen atoms in total. The number of rotatable bonds is 4. The van der Waals surface area contributed by atoms with Crippen molar-refractivity contribution in [1.82, 2.24) is 4.98 Å². The number of anilines is 1. The van der Waals surface area contributed by atoms with Crippen molar-refractivity contribution >= 4 is 11.7 Å². The highest BCUT2D eigenvalue weighted by Crippen LogP contribution is 2.13. The first-order chi connectivity index (χ1) is 7.69. The summed E-state index contributed by atoms with van der Waals surface area (Å²) in [7, 11) is 0. The number of hydrogen-bond donors (Lipinski definition) is 2. The molecule has 0 aliphatic heterocycles. The van der Waals surface area contributed by atoms with E-state index in [1.807, 2.05) is 32.1 Å². The molecule has 0 aliphatic carbocycles. The van der Waals surface area contributed by atoms with Crippen LogP contribution in [0.3, 0.4) is 0 Å². The zero-order valence-corrected chi connectivity index (χ0v) is 9.40. The second-order valence-corrected chi connectivity index (χ2v) is 3.13. The molecule has 1 aromatic heterocycles. The number of nitrogens with one attached hydrogen (secondary N) is 1. The van der Waals surface area contributed by atoms with Crippen molar-refractivity contribution in [2.45, 2.75) is 13.8 Å². The van der Waals surface area contributed by atoms with Crippen LogP contribution in [0.2, 0.25) is 0 Å². The van der Waals surface area contributed by atoms with Gasteiger partial charge < -0.3 is 11.1 Å². The lowest BCUT2D eigenvalue weighted by atomic mass is 10.2. The van der Waals surface area contributed by atoms with Gasteiger partial charge >= 0.3 is 0 Å². The van der Waals surface area contributed by atoms with Crippen molar-refractivity contribution in [1.29, 1.82) is 0 Å². The van der Waals surface area contributed by atoms with Crippen molar-refractivity contribution < 1.29 is 4.79 Å². The van der Waals surface area contributed by atoms with Crippen LogP contribution in [0.15, 0.2) is 42.3 Å². The summed E-state index contributed by atoms with van der Waals surface area (Å²) >= 11 is 0. The lowest BCUT2D eigenvalue weighted by Crippen LogP contribution is -2.14. The SMILES string of the molecule is C/C=C\C(=C/C)Nc1ncccc1C(N)=O. The smallest absolute Gasteiger partial charge is 0.252 e. The minimum atomic E-state index is -0.494. The highest BCUT2D eigenvalue weighted by molar-refractivity contribution is 5.97. The van der Waals surface area contributed by atoms with E-state index in [9.17, 15) is 4.79 Å². The van der Waals surface area contributed by atoms with Crippen LogP contribution in [-0.2, 0) is 0 Å². The van der Waals surface area contributed by atoms with E-state index in [0.29, 0.717) is 11.4 Å². The van der Waals surface area contributed by atoms with Crippen molar-refractivity contribution in [2.24, 2.45) is 5.73 Å². The lowest BCUT2D eigenvalue weighted by Gasteiger charge is -2.08. The summed E-state index contributed by atoms with van der Waals surface area (Å²) in [6.07, 6.45) is 7.28. The molecule has 0 saturated carbocycles. The third-order valence-electron chi connectivity index (χ3n) is 1.99. The van der Waals surface area contributed by atoms with Gasteiger partial charge in [-0.3, -0.25) is 4.79 Å². The number of hydrogen-bond acceptors (Lipinski definition) is 3. The van der Waals surface area contributed by atoms with Crippen molar-refractivity contribution in [2.75, 3.05) is 5.32 Å². The number of carbonyl (C=O) groups excluding carboxylic acids is 1. The van der Waals surface area contributed by atoms with Gasteiger partial charge in [0.1, 0.15) is 5.82 Å². The molecule has 0 aliphatic rings. The molecule has 0 fully saturated rings. The minimum Gasteiger partial charge on any atom is -0.365 e. The summed E-state index contributed by atoms with van der Waals surface area (Å²) in [5, 5.41) is 3.04. The topological polar surface area (TPSA) is 68.0 Å². The first kappa shape index (κ1) is 12.0. The maximum absolute atomic E-state index is 11.2. The number of primary amides is 1. The van der Waals surface area contributed by atoms with E-state index in [0.717, 1.165) is 5.70 Å². The third-order valence-corrected chi connectivity index (χ3v) is 1.99. The maximum atomic E-state index is 11.2. The normalized spacial score (nSPS) is 11.8. The predicted octanol–water partition coefficient (Wildman–Crippen LogP) is 2.07. The van der Waals surface area contributed by atoms with Crippen LogP contribution < -0.4 is 11.1 Å². The fourth-order valence-corrected chi connectivity index (χ4v) is 1.23. The van der Waals surface area contributed by atoms with Gasteiger partial charge in [-0.1, -0.05) is 12.2 Å². The molecule has 1 rings (SSSR count). The first-order valence-corrected chi connectivity index (χ1v) is 5.00. The Hall–Kier alpha value is -2.10. The molecule has 1 aromatic rings. The molecule has 0 bridgehead atoms. The second-order valence-electron chi connectivity index (χ2n) is 3.13. The third kappa shape index (κ3) is 2.95. The molecule has 16 heavy (non-hydrogen) atoms. The van der Waals surface area contributed by atoms with E-state index in [-0.39, 0.29) is 0 Å². The molecule has 0 spiro atoms. The molecule has 0 saturated heterocycles. The Bertz CT molecular complexity index is 436. The van der Waals surface area contributed by atoms with E-state index in [2.05, 4.69) is 10.3 Å². The summed E-state index contributed by atoms with van der Waals surface area (Å²) in [6.45, 7) is 3.81. The van der Waals surface area contributed by atoms with Crippen molar-refractivity contribution in [3.8, 4) is 0 Å². The quantitative estimate of drug-likeness (QED) is 0.758. The van der Waals surface area contributed by atoms with Crippen LogP contribution in [0, 0.1) is 0 Å². The maximum Gasteiger partial charge on any atom is 0.252 e. The minimum absolute atomic E-state index is 0.381. The molecule has 0 aromatic carbocycles. The molecule has 1 heterocycles. The Morgan fingerprint density at radius 3 is 2.81 bits per heavy atom. The highest BCUT2D eigenvalue weighted by atomic mass is 16.1. The Labute approximate surface area is 94.9 Å². The van der Waals surface area contributed by atoms with Crippen molar-refractivity contribution in [3.05, 3.63) is 47.8 Å². The predicted molar refractivity (Wildman–Crippen MR) is 64.9 cm³/mol. The second kappa shape index (κ2) is 5.70. The summed E-state index contributed by atoms with van der Waals surface area (Å²) in [5.41, 5.74) is 6.49. The molecule has 4 heteroatoms. The van der Waals surface area contributed by atoms with E-state index in [1.165, 1.54) is 0 Å². The molecular formula is C12H15N3O. The van der Waals surface area contributed by atoms with Gasteiger partial charge in [-0.25, -0.2) is 4.98 Å². The Morgan fingerprint density at radius 2 is 2.25 bits per heavy atom. The number of allylic oxidation sites excluding steroid dienone is 3. The number of carbonyl (C=O) groups is 1. The van der Waals surface area contributed by atoms with Crippen LogP contribution in [0.5, 0.6) is 0 Å². The van der Waals surface area contributed by atoms with Gasteiger partial charge in [-0.05, 0) is 32.1 Å². The van der Waals surface area contributed by atoms with Crippen LogP contribution >= 0.6 is 0 Å². The Kier molecular flexibility index (Phi) is 4.27. The van der Waals surface area contributed by atoms with Gasteiger partial charge in [0.05, 0.1) is 5.56 Å². The van der Waals surface area contributed by atoms with Gasteiger partial charge in [0.25, 0.3) is 5.91 Å². The molecule has 1 amide bonds. The number of nitrogens with two attached hydrogens (primary N) is 1. The standard InChI is InChI=1S/C12H15N3O/c1-3-6-9(4-2)15-12-10(11(13)16)7-5-8-14-12/h3-8H,1-2H3,(H2,13,16)(H,14,15)/b6-3-,9-4+. The molecule has 3 N–H and O–H groups in total. The van der Waals surface area contributed by atoms with Gasteiger partial charge in [0, 0.05) is 11.9 Å². The van der Waals surface area contributed by atoms with Crippen LogP contribution in [0.1, 0.15) is 24.2 Å². The molecule has 0 unspecified atom stereocenters. The Balaban J connectivity index is 3.01. The zero-order chi connectivity index (χ0) is 12.0. The van der Waals surface area contributed by atoms with Crippen molar-refractivity contribution in [3.63, 3.8) is 0 Å². The Morgan fingerprint density at radius 1 is 1.50 bits per heavy atom. The van der Waals surface area contributed by atoms with Gasteiger partial charge in [0.2, 0.25) is 0 Å². The summed E-state index contributed by atoms with van der Waals surface area (Å²) in [5.74, 6) is -0.0206. The molecule has 84 valence electrons. The molecule has 0 atom stereocenters. The summed E-state index contributed by atoms with van der Waals surface area (Å²) in [6, 6.07) is 3.32. The largest absolute Gasteiger partial charge is 0.365 e. The zero-order valence-electron chi connectivity index (χ0n) is 9.40. The monoisotopic (exact) mass is 217 g/mol. The number of pyridine rings is 1. The van der Waals surface area contributed by atoms with E-state index in [1.54, 1.807) is 18.3 Å².